The lowest BCUT2D eigenvalue weighted by atomic mass is 10.1. The minimum atomic E-state index is -0.794. The molecule has 0 fully saturated rings. The van der Waals surface area contributed by atoms with Gasteiger partial charge < -0.3 is 14.6 Å². The van der Waals surface area contributed by atoms with Crippen molar-refractivity contribution >= 4 is 11.9 Å². The number of ether oxygens (including phenoxy) is 2. The van der Waals surface area contributed by atoms with Crippen LogP contribution in [-0.2, 0) is 19.1 Å². The Kier molecular flexibility index (Phi) is 34.2. The molecule has 0 aliphatic carbocycles. The normalized spacial score (nSPS) is 13.2. The fourth-order valence-corrected chi connectivity index (χ4v) is 4.50. The molecule has 1 atom stereocenters. The molecule has 0 spiro atoms. The molecule has 5 nitrogen and oxygen atoms in total. The van der Waals surface area contributed by atoms with Crippen molar-refractivity contribution in [1.82, 2.24) is 0 Å². The molecule has 0 bridgehead atoms. The van der Waals surface area contributed by atoms with E-state index in [-0.39, 0.29) is 25.2 Å². The summed E-state index contributed by atoms with van der Waals surface area (Å²) in [6.45, 7) is 3.85. The lowest BCUT2D eigenvalue weighted by Crippen LogP contribution is -2.28. The van der Waals surface area contributed by atoms with Crippen molar-refractivity contribution < 1.29 is 24.2 Å². The van der Waals surface area contributed by atoms with Gasteiger partial charge in [0.25, 0.3) is 0 Å². The standard InChI is InChI=1S/C41H66O5/c1-3-5-7-9-11-13-15-17-19-20-22-23-25-27-29-31-33-35-40(43)45-38-39(37-42)46-41(44)36-34-32-30-28-26-24-21-18-16-14-12-10-8-6-4-2/h5-8,11-14,17-19,21-23,39,42H,3-4,9-10,15-16,20,24-38H2,1-2H3/t39-/m0/s1. The highest BCUT2D eigenvalue weighted by molar-refractivity contribution is 5.70. The van der Waals surface area contributed by atoms with Crippen molar-refractivity contribution in [3.8, 4) is 0 Å². The summed E-state index contributed by atoms with van der Waals surface area (Å²) in [5.74, 6) is -0.649. The van der Waals surface area contributed by atoms with E-state index in [4.69, 9.17) is 9.47 Å². The summed E-state index contributed by atoms with van der Waals surface area (Å²) < 4.78 is 10.6. The Labute approximate surface area is 282 Å². The van der Waals surface area contributed by atoms with Crippen LogP contribution >= 0.6 is 0 Å². The molecule has 0 aromatic rings. The SMILES string of the molecule is CCC=CCC=CCC=CCC=CCCCCCCC(=O)OC[C@H](CO)OC(=O)CCCCCCCC=CCC=CCC=CCC. The van der Waals surface area contributed by atoms with Crippen LogP contribution < -0.4 is 0 Å². The highest BCUT2D eigenvalue weighted by Gasteiger charge is 2.16. The smallest absolute Gasteiger partial charge is 0.306 e. The second-order valence-corrected chi connectivity index (χ2v) is 11.5. The van der Waals surface area contributed by atoms with Crippen LogP contribution in [0, 0.1) is 0 Å². The quantitative estimate of drug-likeness (QED) is 0.0465. The summed E-state index contributed by atoms with van der Waals surface area (Å²) >= 11 is 0. The Morgan fingerprint density at radius 3 is 1.30 bits per heavy atom. The molecule has 0 saturated heterocycles. The molecule has 0 rings (SSSR count). The summed E-state index contributed by atoms with van der Waals surface area (Å²) in [5.41, 5.74) is 0. The van der Waals surface area contributed by atoms with Crippen LogP contribution in [0.2, 0.25) is 0 Å². The fourth-order valence-electron chi connectivity index (χ4n) is 4.50. The number of unbranched alkanes of at least 4 members (excludes halogenated alkanes) is 9. The summed E-state index contributed by atoms with van der Waals surface area (Å²) in [6, 6.07) is 0. The molecule has 0 aromatic heterocycles. The Hall–Kier alpha value is -2.92. The first-order valence-electron chi connectivity index (χ1n) is 18.1. The van der Waals surface area contributed by atoms with Crippen LogP contribution in [0.5, 0.6) is 0 Å². The number of hydrogen-bond acceptors (Lipinski definition) is 5. The van der Waals surface area contributed by atoms with Gasteiger partial charge in [0.15, 0.2) is 6.10 Å². The number of carbonyl (C=O) groups is 2. The lowest BCUT2D eigenvalue weighted by molar-refractivity contribution is -0.161. The monoisotopic (exact) mass is 638 g/mol. The molecular weight excluding hydrogens is 572 g/mol. The number of carbonyl (C=O) groups excluding carboxylic acids is 2. The highest BCUT2D eigenvalue weighted by Crippen LogP contribution is 2.10. The number of hydrogen-bond donors (Lipinski definition) is 1. The summed E-state index contributed by atoms with van der Waals surface area (Å²) in [6.07, 6.45) is 49.2. The third kappa shape index (κ3) is 34.0. The number of aliphatic hydroxyl groups is 1. The zero-order valence-corrected chi connectivity index (χ0v) is 29.3. The Bertz CT molecular complexity index is 906. The molecule has 0 aliphatic rings. The van der Waals surface area contributed by atoms with Gasteiger partial charge in [-0.2, -0.15) is 0 Å². The largest absolute Gasteiger partial charge is 0.462 e. The number of rotatable bonds is 31. The second-order valence-electron chi connectivity index (χ2n) is 11.5. The predicted octanol–water partition coefficient (Wildman–Crippen LogP) is 11.2. The molecule has 0 aromatic carbocycles. The van der Waals surface area contributed by atoms with Crippen molar-refractivity contribution in [3.05, 3.63) is 85.1 Å². The van der Waals surface area contributed by atoms with Gasteiger partial charge in [0, 0.05) is 12.8 Å². The molecule has 0 heterocycles. The molecule has 5 heteroatoms. The van der Waals surface area contributed by atoms with E-state index in [1.165, 1.54) is 0 Å². The first-order valence-corrected chi connectivity index (χ1v) is 18.1. The molecular formula is C41H66O5. The third-order valence-electron chi connectivity index (χ3n) is 7.18. The average molecular weight is 639 g/mol. The first kappa shape index (κ1) is 43.1. The summed E-state index contributed by atoms with van der Waals surface area (Å²) in [4.78, 5) is 24.2. The zero-order valence-electron chi connectivity index (χ0n) is 29.3. The third-order valence-corrected chi connectivity index (χ3v) is 7.18. The summed E-state index contributed by atoms with van der Waals surface area (Å²) in [5, 5.41) is 9.53. The van der Waals surface area contributed by atoms with Gasteiger partial charge in [-0.3, -0.25) is 9.59 Å². The maximum Gasteiger partial charge on any atom is 0.306 e. The molecule has 0 aliphatic heterocycles. The van der Waals surface area contributed by atoms with Crippen molar-refractivity contribution in [2.75, 3.05) is 13.2 Å². The first-order chi connectivity index (χ1) is 22.6. The van der Waals surface area contributed by atoms with Gasteiger partial charge >= 0.3 is 11.9 Å². The van der Waals surface area contributed by atoms with Gasteiger partial charge in [0.05, 0.1) is 6.61 Å². The maximum atomic E-state index is 12.1. The second kappa shape index (κ2) is 36.5. The van der Waals surface area contributed by atoms with E-state index < -0.39 is 6.10 Å². The van der Waals surface area contributed by atoms with Crippen molar-refractivity contribution in [1.29, 1.82) is 0 Å². The van der Waals surface area contributed by atoms with E-state index in [1.807, 2.05) is 0 Å². The fraction of sp³-hybridized carbons (Fsp3) is 0.610. The van der Waals surface area contributed by atoms with Crippen LogP contribution in [0.3, 0.4) is 0 Å². The van der Waals surface area contributed by atoms with E-state index in [1.54, 1.807) is 0 Å². The van der Waals surface area contributed by atoms with E-state index >= 15 is 0 Å². The Balaban J connectivity index is 3.69. The van der Waals surface area contributed by atoms with Crippen LogP contribution in [0.25, 0.3) is 0 Å². The van der Waals surface area contributed by atoms with Gasteiger partial charge in [-0.05, 0) is 83.5 Å². The number of aliphatic hydroxyl groups excluding tert-OH is 1. The van der Waals surface area contributed by atoms with E-state index in [9.17, 15) is 14.7 Å². The van der Waals surface area contributed by atoms with Crippen LogP contribution in [0.1, 0.15) is 142 Å². The Morgan fingerprint density at radius 1 is 0.500 bits per heavy atom. The number of allylic oxidation sites excluding steroid dienone is 14. The lowest BCUT2D eigenvalue weighted by Gasteiger charge is -2.15. The van der Waals surface area contributed by atoms with Crippen molar-refractivity contribution in [2.24, 2.45) is 0 Å². The molecule has 46 heavy (non-hydrogen) atoms. The minimum absolute atomic E-state index is 0.0912. The molecule has 0 amide bonds. The van der Waals surface area contributed by atoms with E-state index in [0.717, 1.165) is 116 Å². The minimum Gasteiger partial charge on any atom is -0.462 e. The predicted molar refractivity (Wildman–Crippen MR) is 196 cm³/mol. The van der Waals surface area contributed by atoms with Gasteiger partial charge in [-0.15, -0.1) is 0 Å². The number of esters is 2. The van der Waals surface area contributed by atoms with Gasteiger partial charge in [0.2, 0.25) is 0 Å². The van der Waals surface area contributed by atoms with Crippen molar-refractivity contribution in [3.63, 3.8) is 0 Å². The van der Waals surface area contributed by atoms with E-state index in [0.29, 0.717) is 12.8 Å². The topological polar surface area (TPSA) is 72.8 Å². The van der Waals surface area contributed by atoms with Gasteiger partial charge in [-0.1, -0.05) is 131 Å². The van der Waals surface area contributed by atoms with Crippen molar-refractivity contribution in [2.45, 2.75) is 148 Å². The highest BCUT2D eigenvalue weighted by atomic mass is 16.6. The maximum absolute atomic E-state index is 12.1. The van der Waals surface area contributed by atoms with Crippen LogP contribution in [0.4, 0.5) is 0 Å². The molecule has 0 saturated carbocycles. The van der Waals surface area contributed by atoms with Gasteiger partial charge in [0.1, 0.15) is 6.61 Å². The summed E-state index contributed by atoms with van der Waals surface area (Å²) in [7, 11) is 0. The molecule has 260 valence electrons. The molecule has 1 N–H and O–H groups in total. The van der Waals surface area contributed by atoms with Crippen LogP contribution in [0.15, 0.2) is 85.1 Å². The molecule has 0 radical (unpaired) electrons. The average Bonchev–Trinajstić information content (AvgIpc) is 3.06. The van der Waals surface area contributed by atoms with Gasteiger partial charge in [-0.25, -0.2) is 0 Å². The molecule has 0 unspecified atom stereocenters. The van der Waals surface area contributed by atoms with E-state index in [2.05, 4.69) is 98.9 Å². The Morgan fingerprint density at radius 2 is 0.870 bits per heavy atom. The zero-order chi connectivity index (χ0) is 33.6. The van der Waals surface area contributed by atoms with Crippen LogP contribution in [-0.4, -0.2) is 36.4 Å².